The highest BCUT2D eigenvalue weighted by Gasteiger charge is 2.23. The van der Waals surface area contributed by atoms with E-state index in [0.717, 1.165) is 63.5 Å². The van der Waals surface area contributed by atoms with Crippen molar-refractivity contribution in [3.05, 3.63) is 48.3 Å². The number of guanidine groups is 1. The number of aliphatic imine (C=N–C) groups is 1. The van der Waals surface area contributed by atoms with E-state index in [2.05, 4.69) is 69.0 Å². The molecule has 9 heteroatoms. The summed E-state index contributed by atoms with van der Waals surface area (Å²) < 4.78 is 5.47. The van der Waals surface area contributed by atoms with Crippen LogP contribution < -0.4 is 15.0 Å². The fourth-order valence-electron chi connectivity index (χ4n) is 4.12. The van der Waals surface area contributed by atoms with Gasteiger partial charge in [0, 0.05) is 45.1 Å². The number of likely N-dealkylation sites (N-methyl/N-ethyl adjacent to an activating group) is 1. The lowest BCUT2D eigenvalue weighted by Gasteiger charge is -2.37. The van der Waals surface area contributed by atoms with Crippen molar-refractivity contribution in [2.45, 2.75) is 26.8 Å². The molecule has 1 aliphatic rings. The van der Waals surface area contributed by atoms with Gasteiger partial charge in [-0.1, -0.05) is 26.0 Å². The number of nitrogens with zero attached hydrogens (tertiary/aromatic N) is 6. The smallest absolute Gasteiger partial charge is 0.225 e. The molecule has 1 fully saturated rings. The van der Waals surface area contributed by atoms with Gasteiger partial charge in [0.1, 0.15) is 5.75 Å². The molecule has 2 aromatic rings. The van der Waals surface area contributed by atoms with Crippen LogP contribution in [0, 0.1) is 0 Å². The molecule has 0 spiro atoms. The Morgan fingerprint density at radius 2 is 1.79 bits per heavy atom. The summed E-state index contributed by atoms with van der Waals surface area (Å²) in [4.78, 5) is 20.9. The summed E-state index contributed by atoms with van der Waals surface area (Å²) in [6, 6.07) is 10.4. The number of aromatic nitrogens is 2. The number of rotatable bonds is 9. The van der Waals surface area contributed by atoms with Gasteiger partial charge in [-0.3, -0.25) is 9.89 Å². The molecule has 1 aromatic heterocycles. The monoisotopic (exact) mass is 567 g/mol. The minimum atomic E-state index is 0. The highest BCUT2D eigenvalue weighted by molar-refractivity contribution is 14.0. The summed E-state index contributed by atoms with van der Waals surface area (Å²) in [6.07, 6.45) is 3.60. The first kappa shape index (κ1) is 27.1. The van der Waals surface area contributed by atoms with Crippen molar-refractivity contribution in [2.24, 2.45) is 4.99 Å². The minimum Gasteiger partial charge on any atom is -0.497 e. The van der Waals surface area contributed by atoms with Crippen molar-refractivity contribution in [2.75, 3.05) is 64.4 Å². The largest absolute Gasteiger partial charge is 0.497 e. The Morgan fingerprint density at radius 3 is 2.39 bits per heavy atom. The van der Waals surface area contributed by atoms with Crippen LogP contribution in [0.15, 0.2) is 47.7 Å². The second kappa shape index (κ2) is 14.2. The molecule has 1 saturated heterocycles. The number of methoxy groups -OCH3 is 1. The molecule has 0 amide bonds. The van der Waals surface area contributed by atoms with Crippen LogP contribution in [0.1, 0.15) is 32.4 Å². The van der Waals surface area contributed by atoms with Gasteiger partial charge in [0.05, 0.1) is 19.7 Å². The predicted octanol–water partition coefficient (Wildman–Crippen LogP) is 3.27. The Balaban J connectivity index is 0.00000385. The van der Waals surface area contributed by atoms with Crippen molar-refractivity contribution >= 4 is 35.9 Å². The Hall–Kier alpha value is -2.14. The molecule has 0 bridgehead atoms. The van der Waals surface area contributed by atoms with Crippen molar-refractivity contribution in [3.63, 3.8) is 0 Å². The molecular weight excluding hydrogens is 529 g/mol. The van der Waals surface area contributed by atoms with E-state index in [4.69, 9.17) is 9.73 Å². The molecule has 0 radical (unpaired) electrons. The van der Waals surface area contributed by atoms with Gasteiger partial charge in [-0.15, -0.1) is 24.0 Å². The number of nitrogens with one attached hydrogen (secondary N) is 1. The fraction of sp³-hybridized carbons (Fsp3) is 0.542. The van der Waals surface area contributed by atoms with Crippen LogP contribution in [0.5, 0.6) is 5.75 Å². The van der Waals surface area contributed by atoms with Crippen molar-refractivity contribution in [1.29, 1.82) is 0 Å². The summed E-state index contributed by atoms with van der Waals surface area (Å²) >= 11 is 0. The van der Waals surface area contributed by atoms with Crippen molar-refractivity contribution < 1.29 is 4.74 Å². The van der Waals surface area contributed by atoms with E-state index in [9.17, 15) is 0 Å². The number of piperazine rings is 1. The maximum atomic E-state index is 5.47. The Bertz CT molecular complexity index is 840. The molecule has 0 aliphatic carbocycles. The lowest BCUT2D eigenvalue weighted by molar-refractivity contribution is 0.223. The maximum absolute atomic E-state index is 5.47. The van der Waals surface area contributed by atoms with Gasteiger partial charge in [0.2, 0.25) is 5.95 Å². The molecule has 182 valence electrons. The molecular formula is C24H38IN7O. The quantitative estimate of drug-likeness (QED) is 0.284. The summed E-state index contributed by atoms with van der Waals surface area (Å²) in [5.41, 5.74) is 1.23. The molecule has 1 atom stereocenters. The van der Waals surface area contributed by atoms with E-state index in [1.165, 1.54) is 5.56 Å². The van der Waals surface area contributed by atoms with E-state index < -0.39 is 0 Å². The molecule has 1 aromatic carbocycles. The van der Waals surface area contributed by atoms with E-state index in [0.29, 0.717) is 6.54 Å². The van der Waals surface area contributed by atoms with Gasteiger partial charge in [0.15, 0.2) is 5.96 Å². The van der Waals surface area contributed by atoms with Gasteiger partial charge in [-0.2, -0.15) is 0 Å². The summed E-state index contributed by atoms with van der Waals surface area (Å²) in [7, 11) is 1.72. The minimum absolute atomic E-state index is 0. The molecule has 33 heavy (non-hydrogen) atoms. The van der Waals surface area contributed by atoms with E-state index in [1.54, 1.807) is 19.5 Å². The lowest BCUT2D eigenvalue weighted by atomic mass is 10.0. The van der Waals surface area contributed by atoms with Crippen LogP contribution in [-0.2, 0) is 0 Å². The normalized spacial score (nSPS) is 15.2. The lowest BCUT2D eigenvalue weighted by Crippen LogP contribution is -2.53. The second-order valence-corrected chi connectivity index (χ2v) is 7.73. The van der Waals surface area contributed by atoms with Gasteiger partial charge in [0.25, 0.3) is 0 Å². The average Bonchev–Trinajstić information content (AvgIpc) is 2.86. The summed E-state index contributed by atoms with van der Waals surface area (Å²) in [5, 5.41) is 3.49. The maximum Gasteiger partial charge on any atom is 0.225 e. The molecule has 2 heterocycles. The fourth-order valence-corrected chi connectivity index (χ4v) is 4.12. The number of hydrogen-bond donors (Lipinski definition) is 1. The molecule has 3 rings (SSSR count). The molecule has 1 N–H and O–H groups in total. The summed E-state index contributed by atoms with van der Waals surface area (Å²) in [6.45, 7) is 13.5. The number of ether oxygens (including phenoxy) is 1. The third-order valence-electron chi connectivity index (χ3n) is 5.89. The van der Waals surface area contributed by atoms with Crippen LogP contribution >= 0.6 is 24.0 Å². The second-order valence-electron chi connectivity index (χ2n) is 7.73. The van der Waals surface area contributed by atoms with Crippen molar-refractivity contribution in [1.82, 2.24) is 25.1 Å². The van der Waals surface area contributed by atoms with Gasteiger partial charge >= 0.3 is 0 Å². The SMILES string of the molecule is CCNC(=NCC(c1cccc(OC)c1)N(CC)CC)N1CCN(c2ncccn2)CC1.I. The summed E-state index contributed by atoms with van der Waals surface area (Å²) in [5.74, 6) is 2.66. The first-order valence-corrected chi connectivity index (χ1v) is 11.6. The van der Waals surface area contributed by atoms with E-state index in [1.807, 2.05) is 12.1 Å². The Labute approximate surface area is 215 Å². The average molecular weight is 568 g/mol. The predicted molar refractivity (Wildman–Crippen MR) is 146 cm³/mol. The third kappa shape index (κ3) is 7.43. The van der Waals surface area contributed by atoms with Gasteiger partial charge < -0.3 is 19.9 Å². The Morgan fingerprint density at radius 1 is 1.09 bits per heavy atom. The molecule has 1 aliphatic heterocycles. The first-order chi connectivity index (χ1) is 15.7. The van der Waals surface area contributed by atoms with Gasteiger partial charge in [-0.05, 0) is 43.8 Å². The van der Waals surface area contributed by atoms with Crippen LogP contribution in [0.3, 0.4) is 0 Å². The van der Waals surface area contributed by atoms with Crippen LogP contribution in [0.2, 0.25) is 0 Å². The van der Waals surface area contributed by atoms with Crippen LogP contribution in [0.4, 0.5) is 5.95 Å². The van der Waals surface area contributed by atoms with Crippen molar-refractivity contribution in [3.8, 4) is 5.75 Å². The Kier molecular flexibility index (Phi) is 11.7. The number of benzene rings is 1. The zero-order chi connectivity index (χ0) is 22.8. The molecule has 8 nitrogen and oxygen atoms in total. The van der Waals surface area contributed by atoms with E-state index in [-0.39, 0.29) is 30.0 Å². The number of anilines is 1. The topological polar surface area (TPSA) is 69.1 Å². The van der Waals surface area contributed by atoms with Gasteiger partial charge in [-0.25, -0.2) is 9.97 Å². The van der Waals surface area contributed by atoms with E-state index >= 15 is 0 Å². The highest BCUT2D eigenvalue weighted by Crippen LogP contribution is 2.25. The number of hydrogen-bond acceptors (Lipinski definition) is 6. The zero-order valence-electron chi connectivity index (χ0n) is 20.3. The standard InChI is InChI=1S/C24H37N7O.HI/c1-5-25-23(30-14-16-31(17-15-30)24-26-12-9-13-27-24)28-19-22(29(6-2)7-3)20-10-8-11-21(18-20)32-4;/h8-13,18,22H,5-7,14-17,19H2,1-4H3,(H,25,28);1H. The van der Waals surface area contributed by atoms with Crippen LogP contribution in [0.25, 0.3) is 0 Å². The molecule has 0 saturated carbocycles. The zero-order valence-corrected chi connectivity index (χ0v) is 22.6. The third-order valence-corrected chi connectivity index (χ3v) is 5.89. The first-order valence-electron chi connectivity index (χ1n) is 11.6. The highest BCUT2D eigenvalue weighted by atomic mass is 127. The molecule has 1 unspecified atom stereocenters. The van der Waals surface area contributed by atoms with Crippen LogP contribution in [-0.4, -0.2) is 85.2 Å². The number of halogens is 1.